The van der Waals surface area contributed by atoms with Gasteiger partial charge in [-0.05, 0) is 42.1 Å². The molecule has 0 aliphatic carbocycles. The number of nitrogens with one attached hydrogen (secondary N) is 1. The molecule has 1 radical (unpaired) electrons. The van der Waals surface area contributed by atoms with Gasteiger partial charge in [0.1, 0.15) is 0 Å². The number of nitrogens with zero attached hydrogens (tertiary/aromatic N) is 2. The second kappa shape index (κ2) is 7.56. The van der Waals surface area contributed by atoms with Gasteiger partial charge in [0.25, 0.3) is 0 Å². The van der Waals surface area contributed by atoms with Gasteiger partial charge in [-0.2, -0.15) is 0 Å². The van der Waals surface area contributed by atoms with Crippen LogP contribution in [0.5, 0.6) is 0 Å². The summed E-state index contributed by atoms with van der Waals surface area (Å²) in [5.41, 5.74) is 0.888. The monoisotopic (exact) mass is 316 g/mol. The van der Waals surface area contributed by atoms with Crippen LogP contribution in [0.25, 0.3) is 0 Å². The van der Waals surface area contributed by atoms with Crippen molar-refractivity contribution in [3.8, 4) is 0 Å². The van der Waals surface area contributed by atoms with Gasteiger partial charge in [0.15, 0.2) is 10.9 Å². The number of carbonyl (C=O) groups is 2. The number of hydrogen-bond acceptors (Lipinski definition) is 6. The number of esters is 1. The first kappa shape index (κ1) is 16.0. The van der Waals surface area contributed by atoms with Crippen LogP contribution in [0.2, 0.25) is 0 Å². The number of benzene rings is 1. The second-order valence-corrected chi connectivity index (χ2v) is 5.23. The average molecular weight is 316 g/mol. The number of anilines is 1. The van der Waals surface area contributed by atoms with Crippen LogP contribution in [0, 0.1) is 6.20 Å². The summed E-state index contributed by atoms with van der Waals surface area (Å²) in [5, 5.41) is 3.16. The Morgan fingerprint density at radius 2 is 2.05 bits per heavy atom. The molecule has 1 aromatic heterocycles. The van der Waals surface area contributed by atoms with E-state index in [9.17, 15) is 9.59 Å². The van der Waals surface area contributed by atoms with Crippen LogP contribution in [0.1, 0.15) is 23.8 Å². The summed E-state index contributed by atoms with van der Waals surface area (Å²) in [6.07, 6.45) is 3.05. The smallest absolute Gasteiger partial charge is 0.356 e. The quantitative estimate of drug-likeness (QED) is 0.674. The molecule has 0 spiro atoms. The first-order chi connectivity index (χ1) is 10.6. The highest BCUT2D eigenvalue weighted by Crippen LogP contribution is 2.25. The van der Waals surface area contributed by atoms with Crippen LogP contribution >= 0.6 is 11.8 Å². The highest BCUT2D eigenvalue weighted by atomic mass is 32.2. The van der Waals surface area contributed by atoms with Gasteiger partial charge in [-0.25, -0.2) is 14.8 Å². The number of carbonyl (C=O) groups excluding carboxylic acids is 2. The van der Waals surface area contributed by atoms with E-state index in [1.54, 1.807) is 19.1 Å². The van der Waals surface area contributed by atoms with E-state index in [2.05, 4.69) is 26.2 Å². The van der Waals surface area contributed by atoms with Crippen molar-refractivity contribution >= 4 is 29.3 Å². The Kier molecular flexibility index (Phi) is 5.48. The third-order valence-corrected chi connectivity index (χ3v) is 3.51. The molecule has 0 unspecified atom stereocenters. The molecule has 0 saturated heterocycles. The van der Waals surface area contributed by atoms with Crippen molar-refractivity contribution in [2.75, 3.05) is 12.4 Å². The summed E-state index contributed by atoms with van der Waals surface area (Å²) in [7, 11) is 1.29. The Balaban J connectivity index is 2.07. The van der Waals surface area contributed by atoms with Gasteiger partial charge in [-0.3, -0.25) is 4.79 Å². The van der Waals surface area contributed by atoms with Crippen LogP contribution in [0.15, 0.2) is 40.4 Å². The normalized spacial score (nSPS) is 10.1. The maximum Gasteiger partial charge on any atom is 0.356 e. The molecule has 1 N–H and O–H groups in total. The van der Waals surface area contributed by atoms with Crippen LogP contribution in [0.3, 0.4) is 0 Å². The first-order valence-electron chi connectivity index (χ1n) is 6.53. The van der Waals surface area contributed by atoms with Crippen LogP contribution in [-0.4, -0.2) is 29.0 Å². The Morgan fingerprint density at radius 3 is 2.68 bits per heavy atom. The molecule has 113 valence electrons. The summed E-state index contributed by atoms with van der Waals surface area (Å²) < 4.78 is 4.61. The van der Waals surface area contributed by atoms with Crippen molar-refractivity contribution in [1.29, 1.82) is 0 Å². The van der Waals surface area contributed by atoms with Crippen LogP contribution in [-0.2, 0) is 9.53 Å². The lowest BCUT2D eigenvalue weighted by Gasteiger charge is -2.05. The molecule has 6 nitrogen and oxygen atoms in total. The number of ether oxygens (including phenoxy) is 1. The summed E-state index contributed by atoms with van der Waals surface area (Å²) in [6, 6.07) is 8.64. The SMILES string of the molecule is CCC(=O)Nc1ccc(Sc2n[c]cc(C(=O)OC)n2)cc1. The minimum atomic E-state index is -0.530. The first-order valence-corrected chi connectivity index (χ1v) is 7.35. The standard InChI is InChI=1S/C15H14N3O3S/c1-3-13(19)17-10-4-6-11(7-5-10)22-15-16-9-8-12(18-15)14(20)21-2/h4-8H,3H2,1-2H3,(H,17,19). The van der Waals surface area contributed by atoms with Gasteiger partial charge in [0.2, 0.25) is 5.91 Å². The Hall–Kier alpha value is -2.41. The number of hydrogen-bond donors (Lipinski definition) is 1. The lowest BCUT2D eigenvalue weighted by Crippen LogP contribution is -2.09. The molecule has 1 heterocycles. The fourth-order valence-corrected chi connectivity index (χ4v) is 2.25. The van der Waals surface area contributed by atoms with Crippen LogP contribution < -0.4 is 5.32 Å². The molecule has 0 aliphatic rings. The topological polar surface area (TPSA) is 81.2 Å². The van der Waals surface area contributed by atoms with Gasteiger partial charge in [-0.15, -0.1) is 0 Å². The van der Waals surface area contributed by atoms with Gasteiger partial charge in [0, 0.05) is 17.0 Å². The predicted molar refractivity (Wildman–Crippen MR) is 81.7 cm³/mol. The molecule has 1 aromatic carbocycles. The second-order valence-electron chi connectivity index (χ2n) is 4.18. The molecule has 0 saturated carbocycles. The van der Waals surface area contributed by atoms with Crippen LogP contribution in [0.4, 0.5) is 5.69 Å². The summed E-state index contributed by atoms with van der Waals surface area (Å²) >= 11 is 1.29. The predicted octanol–water partition coefficient (Wildman–Crippen LogP) is 2.56. The third-order valence-electron chi connectivity index (χ3n) is 2.64. The van der Waals surface area contributed by atoms with Gasteiger partial charge < -0.3 is 10.1 Å². The van der Waals surface area contributed by atoms with E-state index in [-0.39, 0.29) is 11.6 Å². The number of amides is 1. The van der Waals surface area contributed by atoms with E-state index >= 15 is 0 Å². The van der Waals surface area contributed by atoms with E-state index in [1.807, 2.05) is 12.1 Å². The zero-order chi connectivity index (χ0) is 15.9. The lowest BCUT2D eigenvalue weighted by molar-refractivity contribution is -0.115. The fraction of sp³-hybridized carbons (Fsp3) is 0.200. The Labute approximate surface area is 132 Å². The minimum Gasteiger partial charge on any atom is -0.464 e. The Morgan fingerprint density at radius 1 is 1.32 bits per heavy atom. The molecule has 0 bridgehead atoms. The molecule has 2 aromatic rings. The maximum atomic E-state index is 11.4. The number of methoxy groups -OCH3 is 1. The van der Waals surface area contributed by atoms with E-state index < -0.39 is 5.97 Å². The van der Waals surface area contributed by atoms with Gasteiger partial charge >= 0.3 is 5.97 Å². The molecule has 0 atom stereocenters. The number of rotatable bonds is 5. The minimum absolute atomic E-state index is 0.0379. The molecule has 7 heteroatoms. The molecule has 0 aliphatic heterocycles. The van der Waals surface area contributed by atoms with Crippen molar-refractivity contribution in [3.05, 3.63) is 42.2 Å². The molecule has 0 fully saturated rings. The van der Waals surface area contributed by atoms with E-state index in [0.717, 1.165) is 10.6 Å². The van der Waals surface area contributed by atoms with E-state index in [4.69, 9.17) is 0 Å². The zero-order valence-corrected chi connectivity index (χ0v) is 12.9. The summed E-state index contributed by atoms with van der Waals surface area (Å²) in [4.78, 5) is 31.7. The van der Waals surface area contributed by atoms with E-state index in [1.165, 1.54) is 24.9 Å². The van der Waals surface area contributed by atoms with Crippen molar-refractivity contribution < 1.29 is 14.3 Å². The summed E-state index contributed by atoms with van der Waals surface area (Å²) in [6.45, 7) is 1.79. The third kappa shape index (κ3) is 4.29. The maximum absolute atomic E-state index is 11.4. The largest absolute Gasteiger partial charge is 0.464 e. The van der Waals surface area contributed by atoms with Crippen molar-refractivity contribution in [2.45, 2.75) is 23.4 Å². The lowest BCUT2D eigenvalue weighted by atomic mass is 10.3. The van der Waals surface area contributed by atoms with E-state index in [0.29, 0.717) is 11.6 Å². The fourth-order valence-electron chi connectivity index (χ4n) is 1.52. The van der Waals surface area contributed by atoms with Crippen molar-refractivity contribution in [1.82, 2.24) is 9.97 Å². The average Bonchev–Trinajstić information content (AvgIpc) is 2.56. The molecular weight excluding hydrogens is 302 g/mol. The summed E-state index contributed by atoms with van der Waals surface area (Å²) in [5.74, 6) is -0.567. The van der Waals surface area contributed by atoms with Gasteiger partial charge in [0.05, 0.1) is 13.3 Å². The highest BCUT2D eigenvalue weighted by Gasteiger charge is 2.09. The zero-order valence-electron chi connectivity index (χ0n) is 12.1. The van der Waals surface area contributed by atoms with Crippen molar-refractivity contribution in [3.63, 3.8) is 0 Å². The molecule has 2 rings (SSSR count). The molecule has 22 heavy (non-hydrogen) atoms. The molecular formula is C15H14N3O3S. The number of aromatic nitrogens is 2. The highest BCUT2D eigenvalue weighted by molar-refractivity contribution is 7.99. The Bertz CT molecular complexity index is 674. The van der Waals surface area contributed by atoms with Crippen molar-refractivity contribution in [2.24, 2.45) is 0 Å². The van der Waals surface area contributed by atoms with Gasteiger partial charge in [-0.1, -0.05) is 6.92 Å². The molecule has 1 amide bonds.